The van der Waals surface area contributed by atoms with Gasteiger partial charge < -0.3 is 20.7 Å². The molecular weight excluding hydrogens is 427 g/mol. The van der Waals surface area contributed by atoms with Crippen LogP contribution >= 0.6 is 24.8 Å². The van der Waals surface area contributed by atoms with Gasteiger partial charge in [-0.25, -0.2) is 0 Å². The summed E-state index contributed by atoms with van der Waals surface area (Å²) in [5.41, 5.74) is 9.34. The van der Waals surface area contributed by atoms with Crippen LogP contribution < -0.4 is 11.1 Å². The van der Waals surface area contributed by atoms with Crippen LogP contribution in [-0.2, 0) is 14.3 Å². The molecular formula is C21H34Cl2N4O3. The first kappa shape index (κ1) is 26.7. The van der Waals surface area contributed by atoms with Gasteiger partial charge in [0.1, 0.15) is 0 Å². The van der Waals surface area contributed by atoms with Crippen LogP contribution in [0.1, 0.15) is 24.0 Å². The Morgan fingerprint density at radius 3 is 2.40 bits per heavy atom. The Balaban J connectivity index is 0.00000225. The molecule has 2 fully saturated rings. The molecule has 2 amide bonds. The van der Waals surface area contributed by atoms with Gasteiger partial charge in [-0.3, -0.25) is 14.5 Å². The van der Waals surface area contributed by atoms with E-state index in [1.54, 1.807) is 0 Å². The van der Waals surface area contributed by atoms with Crippen molar-refractivity contribution in [2.45, 2.75) is 32.7 Å². The number of aryl methyl sites for hydroxylation is 1. The molecule has 0 radical (unpaired) electrons. The van der Waals surface area contributed by atoms with Crippen LogP contribution in [0.15, 0.2) is 18.2 Å². The molecule has 2 heterocycles. The minimum absolute atomic E-state index is 0. The minimum Gasteiger partial charge on any atom is -0.381 e. The maximum Gasteiger partial charge on any atom is 0.239 e. The number of hydrogen-bond acceptors (Lipinski definition) is 5. The number of benzene rings is 1. The molecule has 2 saturated heterocycles. The van der Waals surface area contributed by atoms with Crippen molar-refractivity contribution in [3.8, 4) is 0 Å². The van der Waals surface area contributed by atoms with E-state index < -0.39 is 6.04 Å². The van der Waals surface area contributed by atoms with Crippen LogP contribution in [0, 0.1) is 19.8 Å². The molecule has 2 aliphatic heterocycles. The molecule has 7 nitrogen and oxygen atoms in total. The predicted molar refractivity (Wildman–Crippen MR) is 124 cm³/mol. The van der Waals surface area contributed by atoms with E-state index in [0.29, 0.717) is 45.9 Å². The molecule has 9 heteroatoms. The molecule has 1 aromatic rings. The largest absolute Gasteiger partial charge is 0.381 e. The summed E-state index contributed by atoms with van der Waals surface area (Å²) in [7, 11) is 0. The molecule has 0 aliphatic carbocycles. The van der Waals surface area contributed by atoms with E-state index in [4.69, 9.17) is 10.5 Å². The zero-order valence-electron chi connectivity index (χ0n) is 17.8. The van der Waals surface area contributed by atoms with E-state index in [0.717, 1.165) is 29.7 Å². The van der Waals surface area contributed by atoms with Crippen LogP contribution in [-0.4, -0.2) is 73.6 Å². The van der Waals surface area contributed by atoms with Crippen LogP contribution in [0.25, 0.3) is 0 Å². The van der Waals surface area contributed by atoms with E-state index in [1.807, 2.05) is 36.9 Å². The maximum absolute atomic E-state index is 12.7. The molecule has 0 spiro atoms. The number of carbonyl (C=O) groups is 2. The molecule has 1 aromatic carbocycles. The number of nitrogens with two attached hydrogens (primary N) is 1. The fourth-order valence-corrected chi connectivity index (χ4v) is 3.89. The van der Waals surface area contributed by atoms with Gasteiger partial charge in [-0.1, -0.05) is 12.1 Å². The molecule has 3 N–H and O–H groups in total. The highest BCUT2D eigenvalue weighted by Crippen LogP contribution is 2.20. The van der Waals surface area contributed by atoms with Crippen LogP contribution in [0.2, 0.25) is 0 Å². The van der Waals surface area contributed by atoms with Crippen LogP contribution in [0.3, 0.4) is 0 Å². The number of rotatable bonds is 5. The fourth-order valence-electron chi connectivity index (χ4n) is 3.89. The molecule has 30 heavy (non-hydrogen) atoms. The molecule has 170 valence electrons. The van der Waals surface area contributed by atoms with E-state index >= 15 is 0 Å². The van der Waals surface area contributed by atoms with E-state index in [2.05, 4.69) is 10.2 Å². The quantitative estimate of drug-likeness (QED) is 0.701. The second-order valence-corrected chi connectivity index (χ2v) is 7.87. The van der Waals surface area contributed by atoms with Gasteiger partial charge in [0.25, 0.3) is 0 Å². The summed E-state index contributed by atoms with van der Waals surface area (Å²) < 4.78 is 5.36. The Labute approximate surface area is 191 Å². The van der Waals surface area contributed by atoms with Crippen molar-refractivity contribution in [2.24, 2.45) is 11.7 Å². The number of nitrogens with zero attached hydrogens (tertiary/aromatic N) is 2. The smallest absolute Gasteiger partial charge is 0.239 e. The average Bonchev–Trinajstić information content (AvgIpc) is 2.71. The molecule has 0 bridgehead atoms. The van der Waals surface area contributed by atoms with Crippen molar-refractivity contribution in [1.29, 1.82) is 0 Å². The Bertz CT molecular complexity index is 705. The predicted octanol–water partition coefficient (Wildman–Crippen LogP) is 1.98. The number of anilines is 1. The van der Waals surface area contributed by atoms with Gasteiger partial charge in [0.2, 0.25) is 11.8 Å². The topological polar surface area (TPSA) is 87.9 Å². The summed E-state index contributed by atoms with van der Waals surface area (Å²) in [5.74, 6) is 0.224. The van der Waals surface area contributed by atoms with Gasteiger partial charge in [0.15, 0.2) is 0 Å². The van der Waals surface area contributed by atoms with Crippen molar-refractivity contribution in [3.63, 3.8) is 0 Å². The lowest BCUT2D eigenvalue weighted by Crippen LogP contribution is -2.56. The monoisotopic (exact) mass is 460 g/mol. The van der Waals surface area contributed by atoms with Crippen molar-refractivity contribution >= 4 is 42.3 Å². The Morgan fingerprint density at radius 1 is 1.13 bits per heavy atom. The zero-order valence-corrected chi connectivity index (χ0v) is 19.4. The van der Waals surface area contributed by atoms with Gasteiger partial charge in [-0.15, -0.1) is 24.8 Å². The normalized spacial score (nSPS) is 18.7. The Kier molecular flexibility index (Phi) is 11.1. The highest BCUT2D eigenvalue weighted by molar-refractivity contribution is 5.93. The van der Waals surface area contributed by atoms with Gasteiger partial charge in [-0.2, -0.15) is 0 Å². The lowest BCUT2D eigenvalue weighted by molar-refractivity contribution is -0.136. The Hall–Kier alpha value is -1.38. The van der Waals surface area contributed by atoms with Gasteiger partial charge >= 0.3 is 0 Å². The maximum atomic E-state index is 12.7. The summed E-state index contributed by atoms with van der Waals surface area (Å²) in [5, 5.41) is 3.00. The number of carbonyl (C=O) groups excluding carboxylic acids is 2. The number of piperazine rings is 1. The second kappa shape index (κ2) is 12.5. The molecule has 1 unspecified atom stereocenters. The van der Waals surface area contributed by atoms with Crippen molar-refractivity contribution in [3.05, 3.63) is 29.3 Å². The second-order valence-electron chi connectivity index (χ2n) is 7.87. The van der Waals surface area contributed by atoms with Gasteiger partial charge in [0.05, 0.1) is 12.6 Å². The highest BCUT2D eigenvalue weighted by Gasteiger charge is 2.31. The summed E-state index contributed by atoms with van der Waals surface area (Å²) in [6.07, 6.45) is 1.71. The van der Waals surface area contributed by atoms with Crippen LogP contribution in [0.4, 0.5) is 5.69 Å². The van der Waals surface area contributed by atoms with Gasteiger partial charge in [0, 0.05) is 45.1 Å². The number of ether oxygens (including phenoxy) is 1. The lowest BCUT2D eigenvalue weighted by Gasteiger charge is -2.37. The zero-order chi connectivity index (χ0) is 20.1. The summed E-state index contributed by atoms with van der Waals surface area (Å²) in [6, 6.07) is 5.47. The van der Waals surface area contributed by atoms with Crippen molar-refractivity contribution in [1.82, 2.24) is 9.80 Å². The highest BCUT2D eigenvalue weighted by atomic mass is 35.5. The first-order valence-electron chi connectivity index (χ1n) is 10.2. The SMILES string of the molecule is Cc1cccc(NC(=O)CN2CCN(C(=O)C(N)C3CCOCC3)CC2)c1C.Cl.Cl. The molecule has 3 rings (SSSR count). The number of hydrogen-bond donors (Lipinski definition) is 2. The summed E-state index contributed by atoms with van der Waals surface area (Å²) in [4.78, 5) is 29.0. The first-order chi connectivity index (χ1) is 13.5. The van der Waals surface area contributed by atoms with Crippen molar-refractivity contribution < 1.29 is 14.3 Å². The van der Waals surface area contributed by atoms with Crippen LogP contribution in [0.5, 0.6) is 0 Å². The first-order valence-corrected chi connectivity index (χ1v) is 10.2. The third kappa shape index (κ3) is 6.82. The third-order valence-electron chi connectivity index (χ3n) is 5.99. The summed E-state index contributed by atoms with van der Waals surface area (Å²) in [6.45, 7) is 8.37. The number of halogens is 2. The van der Waals surface area contributed by atoms with E-state index in [1.165, 1.54) is 0 Å². The number of nitrogens with one attached hydrogen (secondary N) is 1. The molecule has 0 saturated carbocycles. The number of amides is 2. The van der Waals surface area contributed by atoms with E-state index in [9.17, 15) is 9.59 Å². The average molecular weight is 461 g/mol. The lowest BCUT2D eigenvalue weighted by atomic mass is 9.91. The molecule has 1 atom stereocenters. The van der Waals surface area contributed by atoms with Crippen molar-refractivity contribution in [2.75, 3.05) is 51.3 Å². The summed E-state index contributed by atoms with van der Waals surface area (Å²) >= 11 is 0. The molecule has 2 aliphatic rings. The fraction of sp³-hybridized carbons (Fsp3) is 0.619. The minimum atomic E-state index is -0.442. The standard InChI is InChI=1S/C21H32N4O3.2ClH/c1-15-4-3-5-18(16(15)2)23-19(26)14-24-8-10-25(11-9-24)21(27)20(22)17-6-12-28-13-7-17;;/h3-5,17,20H,6-14,22H2,1-2H3,(H,23,26);2*1H. The van der Waals surface area contributed by atoms with Gasteiger partial charge in [-0.05, 0) is 49.8 Å². The molecule has 0 aromatic heterocycles. The third-order valence-corrected chi connectivity index (χ3v) is 5.99. The van der Waals surface area contributed by atoms with E-state index in [-0.39, 0.29) is 42.5 Å². The Morgan fingerprint density at radius 2 is 1.77 bits per heavy atom.